The summed E-state index contributed by atoms with van der Waals surface area (Å²) in [6.45, 7) is 2.06. The van der Waals surface area contributed by atoms with Crippen LogP contribution in [0.4, 0.5) is 5.69 Å². The Morgan fingerprint density at radius 1 is 1.41 bits per heavy atom. The molecule has 17 heavy (non-hydrogen) atoms. The summed E-state index contributed by atoms with van der Waals surface area (Å²) >= 11 is 0. The molecule has 5 heteroatoms. The van der Waals surface area contributed by atoms with Gasteiger partial charge in [-0.15, -0.1) is 0 Å². The first-order valence-corrected chi connectivity index (χ1v) is 5.73. The van der Waals surface area contributed by atoms with Gasteiger partial charge in [0.15, 0.2) is 0 Å². The molecule has 3 N–H and O–H groups in total. The summed E-state index contributed by atoms with van der Waals surface area (Å²) in [5, 5.41) is 15.3. The number of anilines is 1. The van der Waals surface area contributed by atoms with Crippen molar-refractivity contribution in [3.05, 3.63) is 23.3 Å². The van der Waals surface area contributed by atoms with Crippen molar-refractivity contribution in [1.29, 1.82) is 0 Å². The topological polar surface area (TPSA) is 70.6 Å². The molecule has 2 aliphatic rings. The van der Waals surface area contributed by atoms with Crippen molar-refractivity contribution in [2.45, 2.75) is 19.0 Å². The molecular formula is C12H14N2O3. The van der Waals surface area contributed by atoms with Crippen LogP contribution < -0.4 is 15.4 Å². The molecule has 0 amide bonds. The monoisotopic (exact) mass is 234 g/mol. The van der Waals surface area contributed by atoms with E-state index in [1.54, 1.807) is 0 Å². The Morgan fingerprint density at radius 3 is 3.12 bits per heavy atom. The fourth-order valence-corrected chi connectivity index (χ4v) is 2.33. The number of carboxylic acid groups (broad SMARTS) is 1. The standard InChI is InChI=1S/C12H14N2O3/c15-12(16)10-4-7-3-9-11(17-2-1-13-9)5-8(7)6-14-10/h3,5,10,13-14H,1-2,4,6H2,(H,15,16). The van der Waals surface area contributed by atoms with Crippen LogP contribution in [0.25, 0.3) is 0 Å². The molecule has 1 atom stereocenters. The van der Waals surface area contributed by atoms with Crippen LogP contribution in [0.5, 0.6) is 5.75 Å². The number of hydrogen-bond donors (Lipinski definition) is 3. The molecule has 3 rings (SSSR count). The van der Waals surface area contributed by atoms with Gasteiger partial charge in [-0.25, -0.2) is 0 Å². The first-order chi connectivity index (χ1) is 8.24. The molecule has 0 bridgehead atoms. The summed E-state index contributed by atoms with van der Waals surface area (Å²) in [5.41, 5.74) is 3.19. The highest BCUT2D eigenvalue weighted by Crippen LogP contribution is 2.32. The van der Waals surface area contributed by atoms with Crippen molar-refractivity contribution < 1.29 is 14.6 Å². The SMILES string of the molecule is O=C(O)C1Cc2cc3c(cc2CN1)OCCN3. The molecule has 2 heterocycles. The van der Waals surface area contributed by atoms with Gasteiger partial charge in [0.25, 0.3) is 0 Å². The number of benzene rings is 1. The predicted octanol–water partition coefficient (Wildman–Crippen LogP) is 0.590. The summed E-state index contributed by atoms with van der Waals surface area (Å²) in [6.07, 6.45) is 0.527. The summed E-state index contributed by atoms with van der Waals surface area (Å²) in [4.78, 5) is 11.0. The fourth-order valence-electron chi connectivity index (χ4n) is 2.33. The van der Waals surface area contributed by atoms with Crippen molar-refractivity contribution in [2.24, 2.45) is 0 Å². The molecule has 2 aliphatic heterocycles. The minimum Gasteiger partial charge on any atom is -0.490 e. The molecule has 0 aromatic heterocycles. The van der Waals surface area contributed by atoms with Crippen molar-refractivity contribution in [1.82, 2.24) is 5.32 Å². The van der Waals surface area contributed by atoms with Crippen LogP contribution in [0.1, 0.15) is 11.1 Å². The van der Waals surface area contributed by atoms with Gasteiger partial charge in [0.05, 0.1) is 5.69 Å². The van der Waals surface area contributed by atoms with E-state index in [4.69, 9.17) is 9.84 Å². The second kappa shape index (κ2) is 3.92. The first kappa shape index (κ1) is 10.4. The maximum atomic E-state index is 11.0. The Kier molecular flexibility index (Phi) is 2.40. The molecule has 0 radical (unpaired) electrons. The minimum atomic E-state index is -0.794. The summed E-state index contributed by atoms with van der Waals surface area (Å²) < 4.78 is 5.56. The van der Waals surface area contributed by atoms with E-state index in [-0.39, 0.29) is 0 Å². The molecule has 1 unspecified atom stereocenters. The van der Waals surface area contributed by atoms with Gasteiger partial charge >= 0.3 is 5.97 Å². The van der Waals surface area contributed by atoms with E-state index in [0.717, 1.165) is 29.1 Å². The van der Waals surface area contributed by atoms with Gasteiger partial charge in [0, 0.05) is 13.1 Å². The van der Waals surface area contributed by atoms with E-state index in [0.29, 0.717) is 19.6 Å². The molecule has 0 spiro atoms. The van der Waals surface area contributed by atoms with Crippen molar-refractivity contribution in [2.75, 3.05) is 18.5 Å². The molecule has 90 valence electrons. The van der Waals surface area contributed by atoms with E-state index < -0.39 is 12.0 Å². The lowest BCUT2D eigenvalue weighted by Gasteiger charge is -2.27. The number of ether oxygens (including phenoxy) is 1. The number of carbonyl (C=O) groups is 1. The van der Waals surface area contributed by atoms with E-state index >= 15 is 0 Å². The maximum absolute atomic E-state index is 11.0. The first-order valence-electron chi connectivity index (χ1n) is 5.73. The number of carboxylic acids is 1. The Morgan fingerprint density at radius 2 is 2.29 bits per heavy atom. The highest BCUT2D eigenvalue weighted by molar-refractivity contribution is 5.75. The molecule has 0 saturated heterocycles. The summed E-state index contributed by atoms with van der Waals surface area (Å²) in [5.74, 6) is 0.0724. The number of nitrogens with one attached hydrogen (secondary N) is 2. The Labute approximate surface area is 98.8 Å². The molecule has 1 aromatic carbocycles. The van der Waals surface area contributed by atoms with Gasteiger partial charge in [-0.3, -0.25) is 4.79 Å². The highest BCUT2D eigenvalue weighted by Gasteiger charge is 2.25. The smallest absolute Gasteiger partial charge is 0.321 e. The van der Waals surface area contributed by atoms with Crippen LogP contribution in [-0.2, 0) is 17.8 Å². The normalized spacial score (nSPS) is 21.8. The van der Waals surface area contributed by atoms with Crippen LogP contribution >= 0.6 is 0 Å². The average Bonchev–Trinajstić information content (AvgIpc) is 2.35. The lowest BCUT2D eigenvalue weighted by Crippen LogP contribution is -2.41. The third-order valence-corrected chi connectivity index (χ3v) is 3.24. The second-order valence-electron chi connectivity index (χ2n) is 4.37. The zero-order valence-corrected chi connectivity index (χ0v) is 9.32. The maximum Gasteiger partial charge on any atom is 0.321 e. The van der Waals surface area contributed by atoms with Gasteiger partial charge in [0.1, 0.15) is 18.4 Å². The molecule has 1 aromatic rings. The van der Waals surface area contributed by atoms with Crippen LogP contribution in [-0.4, -0.2) is 30.3 Å². The molecule has 0 fully saturated rings. The third-order valence-electron chi connectivity index (χ3n) is 3.24. The van der Waals surface area contributed by atoms with Gasteiger partial charge in [-0.2, -0.15) is 0 Å². The summed E-state index contributed by atoms with van der Waals surface area (Å²) in [7, 11) is 0. The molecule has 0 saturated carbocycles. The average molecular weight is 234 g/mol. The molecule has 0 aliphatic carbocycles. The lowest BCUT2D eigenvalue weighted by atomic mass is 9.94. The zero-order valence-electron chi connectivity index (χ0n) is 9.32. The van der Waals surface area contributed by atoms with Crippen LogP contribution in [0.2, 0.25) is 0 Å². The number of fused-ring (bicyclic) bond motifs is 2. The van der Waals surface area contributed by atoms with Crippen molar-refractivity contribution in [3.8, 4) is 5.75 Å². The number of hydrogen-bond acceptors (Lipinski definition) is 4. The molecule has 5 nitrogen and oxygen atoms in total. The summed E-state index contributed by atoms with van der Waals surface area (Å²) in [6, 6.07) is 3.53. The van der Waals surface area contributed by atoms with Gasteiger partial charge in [-0.1, -0.05) is 0 Å². The van der Waals surface area contributed by atoms with Crippen LogP contribution in [0.3, 0.4) is 0 Å². The van der Waals surface area contributed by atoms with Gasteiger partial charge < -0.3 is 20.5 Å². The Hall–Kier alpha value is -1.75. The van der Waals surface area contributed by atoms with Crippen molar-refractivity contribution in [3.63, 3.8) is 0 Å². The minimum absolute atomic E-state index is 0.481. The number of aliphatic carboxylic acids is 1. The van der Waals surface area contributed by atoms with E-state index in [9.17, 15) is 4.79 Å². The van der Waals surface area contributed by atoms with Crippen molar-refractivity contribution >= 4 is 11.7 Å². The van der Waals surface area contributed by atoms with E-state index in [2.05, 4.69) is 10.6 Å². The van der Waals surface area contributed by atoms with E-state index in [1.165, 1.54) is 0 Å². The lowest BCUT2D eigenvalue weighted by molar-refractivity contribution is -0.139. The Bertz CT molecular complexity index is 473. The highest BCUT2D eigenvalue weighted by atomic mass is 16.5. The fraction of sp³-hybridized carbons (Fsp3) is 0.417. The van der Waals surface area contributed by atoms with Gasteiger partial charge in [-0.05, 0) is 29.7 Å². The quantitative estimate of drug-likeness (QED) is 0.663. The van der Waals surface area contributed by atoms with E-state index in [1.807, 2.05) is 12.1 Å². The van der Waals surface area contributed by atoms with Gasteiger partial charge in [0.2, 0.25) is 0 Å². The largest absolute Gasteiger partial charge is 0.490 e. The molecular weight excluding hydrogens is 220 g/mol. The third kappa shape index (κ3) is 1.82. The number of rotatable bonds is 1. The zero-order chi connectivity index (χ0) is 11.8. The predicted molar refractivity (Wildman–Crippen MR) is 62.4 cm³/mol. The van der Waals surface area contributed by atoms with Crippen LogP contribution in [0.15, 0.2) is 12.1 Å². The van der Waals surface area contributed by atoms with Crippen LogP contribution in [0, 0.1) is 0 Å². The second-order valence-corrected chi connectivity index (χ2v) is 4.37. The Balaban J connectivity index is 1.94.